The molecule has 21 heavy (non-hydrogen) atoms. The summed E-state index contributed by atoms with van der Waals surface area (Å²) >= 11 is 8.52. The summed E-state index contributed by atoms with van der Waals surface area (Å²) in [5.74, 6) is -0.279. The summed E-state index contributed by atoms with van der Waals surface area (Å²) < 4.78 is 22.6. The molecule has 0 aliphatic heterocycles. The Morgan fingerprint density at radius 3 is 2.86 bits per heavy atom. The number of ether oxygens (including phenoxy) is 1. The standard InChI is InChI=1S/C15H18BrFN2OS/c16-11-8-13-14(9-12(11)17)19(15(21)18-13)6-7-20-10-4-2-1-3-5-10/h8-10H,1-7H2,(H,18,21). The van der Waals surface area contributed by atoms with Crippen molar-refractivity contribution >= 4 is 39.2 Å². The molecule has 0 unspecified atom stereocenters. The lowest BCUT2D eigenvalue weighted by Gasteiger charge is -2.22. The fourth-order valence-corrected chi connectivity index (χ4v) is 3.56. The van der Waals surface area contributed by atoms with Gasteiger partial charge in [-0.1, -0.05) is 19.3 Å². The Balaban J connectivity index is 1.72. The Hall–Kier alpha value is -0.720. The second kappa shape index (κ2) is 6.58. The molecular formula is C15H18BrFN2OS. The van der Waals surface area contributed by atoms with Crippen LogP contribution in [0.15, 0.2) is 16.6 Å². The predicted octanol–water partition coefficient (Wildman–Crippen LogP) is 4.95. The number of aromatic nitrogens is 2. The van der Waals surface area contributed by atoms with Gasteiger partial charge in [0, 0.05) is 12.6 Å². The van der Waals surface area contributed by atoms with Gasteiger partial charge in [0.25, 0.3) is 0 Å². The Kier molecular flexibility index (Phi) is 4.76. The van der Waals surface area contributed by atoms with Crippen LogP contribution in [0, 0.1) is 10.6 Å². The van der Waals surface area contributed by atoms with Gasteiger partial charge in [-0.2, -0.15) is 0 Å². The first-order valence-electron chi connectivity index (χ1n) is 7.34. The maximum Gasteiger partial charge on any atom is 0.178 e. The van der Waals surface area contributed by atoms with E-state index in [9.17, 15) is 4.39 Å². The van der Waals surface area contributed by atoms with Crippen LogP contribution in [-0.2, 0) is 11.3 Å². The lowest BCUT2D eigenvalue weighted by molar-refractivity contribution is 0.0243. The average molecular weight is 373 g/mol. The summed E-state index contributed by atoms with van der Waals surface area (Å²) in [6, 6.07) is 3.23. The molecule has 2 aromatic rings. The third-order valence-corrected chi connectivity index (χ3v) is 4.97. The molecule has 3 rings (SSSR count). The van der Waals surface area contributed by atoms with Crippen LogP contribution in [0.1, 0.15) is 32.1 Å². The molecule has 1 aromatic carbocycles. The monoisotopic (exact) mass is 372 g/mol. The van der Waals surface area contributed by atoms with Crippen LogP contribution in [-0.4, -0.2) is 22.3 Å². The molecule has 1 aliphatic rings. The van der Waals surface area contributed by atoms with E-state index in [0.717, 1.165) is 23.9 Å². The fourth-order valence-electron chi connectivity index (χ4n) is 2.92. The van der Waals surface area contributed by atoms with Crippen molar-refractivity contribution in [3.05, 3.63) is 27.2 Å². The smallest absolute Gasteiger partial charge is 0.178 e. The molecule has 3 nitrogen and oxygen atoms in total. The number of halogens is 2. The molecular weight excluding hydrogens is 355 g/mol. The first-order valence-corrected chi connectivity index (χ1v) is 8.54. The zero-order chi connectivity index (χ0) is 14.8. The van der Waals surface area contributed by atoms with Gasteiger partial charge in [0.1, 0.15) is 5.82 Å². The van der Waals surface area contributed by atoms with Gasteiger partial charge in [-0.05, 0) is 47.1 Å². The quantitative estimate of drug-likeness (QED) is 0.769. The van der Waals surface area contributed by atoms with Crippen LogP contribution in [0.5, 0.6) is 0 Å². The van der Waals surface area contributed by atoms with Crippen molar-refractivity contribution < 1.29 is 9.13 Å². The van der Waals surface area contributed by atoms with E-state index in [1.807, 2.05) is 4.57 Å². The normalized spacial score (nSPS) is 16.7. The number of hydrogen-bond donors (Lipinski definition) is 1. The number of benzene rings is 1. The van der Waals surface area contributed by atoms with E-state index >= 15 is 0 Å². The summed E-state index contributed by atoms with van der Waals surface area (Å²) in [5.41, 5.74) is 1.62. The predicted molar refractivity (Wildman–Crippen MR) is 87.6 cm³/mol. The molecule has 0 atom stereocenters. The molecule has 1 saturated carbocycles. The number of rotatable bonds is 4. The minimum atomic E-state index is -0.279. The van der Waals surface area contributed by atoms with E-state index in [4.69, 9.17) is 17.0 Å². The van der Waals surface area contributed by atoms with E-state index < -0.39 is 0 Å². The van der Waals surface area contributed by atoms with E-state index in [1.165, 1.54) is 25.3 Å². The molecule has 0 radical (unpaired) electrons. The summed E-state index contributed by atoms with van der Waals surface area (Å²) in [4.78, 5) is 3.11. The van der Waals surface area contributed by atoms with Crippen molar-refractivity contribution in [3.63, 3.8) is 0 Å². The van der Waals surface area contributed by atoms with Crippen LogP contribution in [0.2, 0.25) is 0 Å². The molecule has 1 fully saturated rings. The van der Waals surface area contributed by atoms with Crippen LogP contribution in [0.25, 0.3) is 11.0 Å². The van der Waals surface area contributed by atoms with Gasteiger partial charge in [0.2, 0.25) is 0 Å². The number of fused-ring (bicyclic) bond motifs is 1. The van der Waals surface area contributed by atoms with Crippen LogP contribution in [0.4, 0.5) is 4.39 Å². The van der Waals surface area contributed by atoms with Gasteiger partial charge in [-0.25, -0.2) is 4.39 Å². The SMILES string of the molecule is Fc1cc2c(cc1Br)[nH]c(=S)n2CCOC1CCCCC1. The van der Waals surface area contributed by atoms with Crippen LogP contribution >= 0.6 is 28.1 Å². The lowest BCUT2D eigenvalue weighted by Crippen LogP contribution is -2.19. The largest absolute Gasteiger partial charge is 0.376 e. The van der Waals surface area contributed by atoms with Crippen molar-refractivity contribution in [2.75, 3.05) is 6.61 Å². The highest BCUT2D eigenvalue weighted by Crippen LogP contribution is 2.24. The van der Waals surface area contributed by atoms with Gasteiger partial charge in [0.15, 0.2) is 4.77 Å². The van der Waals surface area contributed by atoms with Crippen molar-refractivity contribution in [1.82, 2.24) is 9.55 Å². The van der Waals surface area contributed by atoms with Gasteiger partial charge >= 0.3 is 0 Å². The number of nitrogens with one attached hydrogen (secondary N) is 1. The number of H-pyrrole nitrogens is 1. The molecule has 0 amide bonds. The molecule has 6 heteroatoms. The minimum Gasteiger partial charge on any atom is -0.376 e. The highest BCUT2D eigenvalue weighted by atomic mass is 79.9. The van der Waals surface area contributed by atoms with Crippen molar-refractivity contribution in [1.29, 1.82) is 0 Å². The van der Waals surface area contributed by atoms with Gasteiger partial charge < -0.3 is 14.3 Å². The molecule has 1 N–H and O–H groups in total. The first kappa shape index (κ1) is 15.2. The van der Waals surface area contributed by atoms with Crippen molar-refractivity contribution in [2.24, 2.45) is 0 Å². The minimum absolute atomic E-state index is 0.279. The number of imidazole rings is 1. The van der Waals surface area contributed by atoms with Crippen LogP contribution in [0.3, 0.4) is 0 Å². The topological polar surface area (TPSA) is 29.9 Å². The average Bonchev–Trinajstić information content (AvgIpc) is 2.76. The molecule has 0 bridgehead atoms. The zero-order valence-electron chi connectivity index (χ0n) is 11.7. The molecule has 0 saturated heterocycles. The highest BCUT2D eigenvalue weighted by molar-refractivity contribution is 9.10. The maximum atomic E-state index is 13.7. The highest BCUT2D eigenvalue weighted by Gasteiger charge is 2.14. The van der Waals surface area contributed by atoms with Crippen LogP contribution < -0.4 is 0 Å². The molecule has 1 heterocycles. The van der Waals surface area contributed by atoms with Crippen molar-refractivity contribution in [3.8, 4) is 0 Å². The van der Waals surface area contributed by atoms with E-state index in [1.54, 1.807) is 6.07 Å². The Morgan fingerprint density at radius 2 is 2.10 bits per heavy atom. The Labute approximate surface area is 136 Å². The van der Waals surface area contributed by atoms with Crippen molar-refractivity contribution in [2.45, 2.75) is 44.8 Å². The zero-order valence-corrected chi connectivity index (χ0v) is 14.1. The number of nitrogens with zero attached hydrogens (tertiary/aromatic N) is 1. The summed E-state index contributed by atoms with van der Waals surface area (Å²) in [7, 11) is 0. The molecule has 1 aliphatic carbocycles. The third-order valence-electron chi connectivity index (χ3n) is 4.04. The maximum absolute atomic E-state index is 13.7. The second-order valence-electron chi connectivity index (χ2n) is 5.50. The molecule has 0 spiro atoms. The van der Waals surface area contributed by atoms with E-state index in [0.29, 0.717) is 28.5 Å². The fraction of sp³-hybridized carbons (Fsp3) is 0.533. The third kappa shape index (κ3) is 3.38. The summed E-state index contributed by atoms with van der Waals surface area (Å²) in [6.07, 6.45) is 6.53. The second-order valence-corrected chi connectivity index (χ2v) is 6.74. The van der Waals surface area contributed by atoms with E-state index in [2.05, 4.69) is 20.9 Å². The first-order chi connectivity index (χ1) is 10.1. The molecule has 1 aromatic heterocycles. The number of hydrogen-bond acceptors (Lipinski definition) is 2. The Bertz CT molecular complexity index is 691. The van der Waals surface area contributed by atoms with Gasteiger partial charge in [-0.3, -0.25) is 0 Å². The van der Waals surface area contributed by atoms with Gasteiger partial charge in [-0.15, -0.1) is 0 Å². The number of aromatic amines is 1. The van der Waals surface area contributed by atoms with E-state index in [-0.39, 0.29) is 5.82 Å². The Morgan fingerprint density at radius 1 is 1.33 bits per heavy atom. The summed E-state index contributed by atoms with van der Waals surface area (Å²) in [6.45, 7) is 1.26. The van der Waals surface area contributed by atoms with Gasteiger partial charge in [0.05, 0.1) is 28.2 Å². The summed E-state index contributed by atoms with van der Waals surface area (Å²) in [5, 5.41) is 0. The molecule has 114 valence electrons. The lowest BCUT2D eigenvalue weighted by atomic mass is 9.98.